The van der Waals surface area contributed by atoms with Crippen molar-refractivity contribution in [2.45, 2.75) is 12.5 Å². The summed E-state index contributed by atoms with van der Waals surface area (Å²) < 4.78 is 18.0. The van der Waals surface area contributed by atoms with E-state index in [1.165, 1.54) is 0 Å². The highest BCUT2D eigenvalue weighted by Gasteiger charge is 2.32. The van der Waals surface area contributed by atoms with E-state index >= 15 is 0 Å². The van der Waals surface area contributed by atoms with Crippen LogP contribution < -0.4 is 19.2 Å². The Bertz CT molecular complexity index is 1390. The number of nitrogens with zero attached hydrogens (tertiary/aromatic N) is 3. The third kappa shape index (κ3) is 4.39. The van der Waals surface area contributed by atoms with Crippen LogP contribution in [0.1, 0.15) is 23.6 Å². The fraction of sp³-hybridized carbons (Fsp3) is 0.185. The third-order valence-corrected chi connectivity index (χ3v) is 7.47. The zero-order chi connectivity index (χ0) is 23.8. The van der Waals surface area contributed by atoms with Gasteiger partial charge in [0.1, 0.15) is 19.0 Å². The van der Waals surface area contributed by atoms with E-state index in [0.717, 1.165) is 61.4 Å². The number of halogens is 1. The fourth-order valence-electron chi connectivity index (χ4n) is 4.29. The van der Waals surface area contributed by atoms with Crippen LogP contribution in [0.25, 0.3) is 11.3 Å². The molecule has 0 saturated carbocycles. The highest BCUT2D eigenvalue weighted by atomic mass is 79.9. The van der Waals surface area contributed by atoms with Crippen molar-refractivity contribution in [1.82, 2.24) is 4.98 Å². The number of hydrogen-bond acceptors (Lipinski definition) is 7. The molecule has 3 aromatic carbocycles. The van der Waals surface area contributed by atoms with Crippen LogP contribution in [0, 0.1) is 0 Å². The SMILES string of the molecule is COc1ccc(C2=NN(c3nc(-c4ccc(Br)cc4)cs3)C(c3ccc4c(c3)OCCO4)C2)cc1. The molecule has 0 fully saturated rings. The average molecular weight is 548 g/mol. The summed E-state index contributed by atoms with van der Waals surface area (Å²) in [5.74, 6) is 2.39. The van der Waals surface area contributed by atoms with Crippen LogP contribution in [0.15, 0.2) is 81.7 Å². The molecule has 6 rings (SSSR count). The summed E-state index contributed by atoms with van der Waals surface area (Å²) in [5.41, 5.74) is 5.20. The predicted molar refractivity (Wildman–Crippen MR) is 142 cm³/mol. The highest BCUT2D eigenvalue weighted by molar-refractivity contribution is 9.10. The Balaban J connectivity index is 1.37. The van der Waals surface area contributed by atoms with Gasteiger partial charge in [-0.1, -0.05) is 34.1 Å². The highest BCUT2D eigenvalue weighted by Crippen LogP contribution is 2.42. The molecule has 0 bridgehead atoms. The molecule has 176 valence electrons. The number of fused-ring (bicyclic) bond motifs is 1. The molecule has 0 radical (unpaired) electrons. The van der Waals surface area contributed by atoms with Gasteiger partial charge in [0.2, 0.25) is 5.13 Å². The summed E-state index contributed by atoms with van der Waals surface area (Å²) >= 11 is 5.10. The van der Waals surface area contributed by atoms with Crippen LogP contribution in [-0.4, -0.2) is 31.0 Å². The molecule has 2 aliphatic heterocycles. The average Bonchev–Trinajstić information content (AvgIpc) is 3.57. The minimum atomic E-state index is -0.00755. The van der Waals surface area contributed by atoms with E-state index in [1.807, 2.05) is 35.3 Å². The van der Waals surface area contributed by atoms with Gasteiger partial charge < -0.3 is 14.2 Å². The van der Waals surface area contributed by atoms with E-state index in [-0.39, 0.29) is 6.04 Å². The van der Waals surface area contributed by atoms with Gasteiger partial charge in [0, 0.05) is 21.8 Å². The van der Waals surface area contributed by atoms with Gasteiger partial charge >= 0.3 is 0 Å². The summed E-state index contributed by atoms with van der Waals surface area (Å²) in [7, 11) is 1.67. The van der Waals surface area contributed by atoms with E-state index < -0.39 is 0 Å². The smallest absolute Gasteiger partial charge is 0.207 e. The van der Waals surface area contributed by atoms with Crippen LogP contribution in [0.3, 0.4) is 0 Å². The third-order valence-electron chi connectivity index (χ3n) is 6.11. The maximum Gasteiger partial charge on any atom is 0.207 e. The molecule has 1 aromatic heterocycles. The van der Waals surface area contributed by atoms with Crippen molar-refractivity contribution >= 4 is 38.1 Å². The first-order chi connectivity index (χ1) is 17.2. The molecule has 0 saturated heterocycles. The van der Waals surface area contributed by atoms with Gasteiger partial charge in [-0.2, -0.15) is 5.10 Å². The van der Waals surface area contributed by atoms with Gasteiger partial charge in [-0.15, -0.1) is 11.3 Å². The maximum absolute atomic E-state index is 5.86. The first-order valence-electron chi connectivity index (χ1n) is 11.3. The molecule has 3 heterocycles. The number of hydrazone groups is 1. The van der Waals surface area contributed by atoms with Gasteiger partial charge in [-0.3, -0.25) is 0 Å². The van der Waals surface area contributed by atoms with Gasteiger partial charge in [0.15, 0.2) is 11.5 Å². The van der Waals surface area contributed by atoms with E-state index in [1.54, 1.807) is 18.4 Å². The molecule has 4 aromatic rings. The molecule has 35 heavy (non-hydrogen) atoms. The van der Waals surface area contributed by atoms with Crippen molar-refractivity contribution in [2.75, 3.05) is 25.3 Å². The lowest BCUT2D eigenvalue weighted by molar-refractivity contribution is 0.171. The Morgan fingerprint density at radius 3 is 2.46 bits per heavy atom. The standard InChI is InChI=1S/C27H22BrN3O3S/c1-32-21-9-4-17(5-10-21)22-15-24(19-6-11-25-26(14-19)34-13-12-33-25)31(30-22)27-29-23(16-35-27)18-2-7-20(28)8-3-18/h2-11,14,16,24H,12-13,15H2,1H3. The van der Waals surface area contributed by atoms with Gasteiger partial charge in [-0.05, 0) is 59.7 Å². The molecule has 8 heteroatoms. The summed E-state index contributed by atoms with van der Waals surface area (Å²) in [6.07, 6.45) is 0.749. The van der Waals surface area contributed by atoms with Crippen molar-refractivity contribution in [1.29, 1.82) is 0 Å². The largest absolute Gasteiger partial charge is 0.497 e. The lowest BCUT2D eigenvalue weighted by Gasteiger charge is -2.24. The minimum absolute atomic E-state index is 0.00755. The van der Waals surface area contributed by atoms with Crippen molar-refractivity contribution in [3.8, 4) is 28.5 Å². The maximum atomic E-state index is 5.86. The Morgan fingerprint density at radius 2 is 1.69 bits per heavy atom. The van der Waals surface area contributed by atoms with Crippen LogP contribution in [0.4, 0.5) is 5.13 Å². The lowest BCUT2D eigenvalue weighted by Crippen LogP contribution is -2.20. The van der Waals surface area contributed by atoms with Crippen molar-refractivity contribution in [3.63, 3.8) is 0 Å². The quantitative estimate of drug-likeness (QED) is 0.278. The summed E-state index contributed by atoms with van der Waals surface area (Å²) in [6, 6.07) is 22.4. The van der Waals surface area contributed by atoms with Crippen molar-refractivity contribution < 1.29 is 14.2 Å². The van der Waals surface area contributed by atoms with Crippen molar-refractivity contribution in [3.05, 3.63) is 87.7 Å². The number of aromatic nitrogens is 1. The zero-order valence-electron chi connectivity index (χ0n) is 19.0. The molecule has 2 aliphatic rings. The molecule has 1 atom stereocenters. The molecule has 6 nitrogen and oxygen atoms in total. The molecule has 0 N–H and O–H groups in total. The molecule has 1 unspecified atom stereocenters. The molecular weight excluding hydrogens is 526 g/mol. The molecule has 0 amide bonds. The Hall–Kier alpha value is -3.36. The summed E-state index contributed by atoms with van der Waals surface area (Å²) in [6.45, 7) is 1.13. The Kier molecular flexibility index (Phi) is 5.91. The first kappa shape index (κ1) is 22.1. The molecule has 0 aliphatic carbocycles. The van der Waals surface area contributed by atoms with Crippen LogP contribution >= 0.6 is 27.3 Å². The van der Waals surface area contributed by atoms with E-state index in [0.29, 0.717) is 13.2 Å². The topological polar surface area (TPSA) is 56.2 Å². The second-order valence-electron chi connectivity index (χ2n) is 8.26. The predicted octanol–water partition coefficient (Wildman–Crippen LogP) is 6.71. The number of hydrogen-bond donors (Lipinski definition) is 0. The van der Waals surface area contributed by atoms with Gasteiger partial charge in [0.05, 0.1) is 24.6 Å². The van der Waals surface area contributed by atoms with Gasteiger partial charge in [-0.25, -0.2) is 9.99 Å². The first-order valence-corrected chi connectivity index (χ1v) is 13.0. The molecule has 0 spiro atoms. The monoisotopic (exact) mass is 547 g/mol. The van der Waals surface area contributed by atoms with Crippen LogP contribution in [0.2, 0.25) is 0 Å². The number of thiazole rings is 1. The summed E-state index contributed by atoms with van der Waals surface area (Å²) in [5, 5.41) is 10.0. The lowest BCUT2D eigenvalue weighted by atomic mass is 9.98. The van der Waals surface area contributed by atoms with Gasteiger partial charge in [0.25, 0.3) is 0 Å². The Labute approximate surface area is 215 Å². The number of ether oxygens (including phenoxy) is 3. The second kappa shape index (κ2) is 9.36. The minimum Gasteiger partial charge on any atom is -0.497 e. The number of benzene rings is 3. The summed E-state index contributed by atoms with van der Waals surface area (Å²) in [4.78, 5) is 4.96. The second-order valence-corrected chi connectivity index (χ2v) is 10.0. The van der Waals surface area contributed by atoms with Crippen LogP contribution in [-0.2, 0) is 0 Å². The van der Waals surface area contributed by atoms with Crippen LogP contribution in [0.5, 0.6) is 17.2 Å². The number of rotatable bonds is 5. The zero-order valence-corrected chi connectivity index (χ0v) is 21.4. The Morgan fingerprint density at radius 1 is 0.943 bits per heavy atom. The van der Waals surface area contributed by atoms with E-state index in [4.69, 9.17) is 24.3 Å². The van der Waals surface area contributed by atoms with Crippen molar-refractivity contribution in [2.24, 2.45) is 5.10 Å². The number of anilines is 1. The van der Waals surface area contributed by atoms with E-state index in [2.05, 4.69) is 57.7 Å². The van der Waals surface area contributed by atoms with E-state index in [9.17, 15) is 0 Å². The molecular formula is C27H22BrN3O3S. The fourth-order valence-corrected chi connectivity index (χ4v) is 5.39. The number of methoxy groups -OCH3 is 1. The normalized spacial score (nSPS) is 16.8.